The average molecular weight is 462 g/mol. The Morgan fingerprint density at radius 1 is 1.00 bits per heavy atom. The van der Waals surface area contributed by atoms with Crippen LogP contribution in [-0.4, -0.2) is 73.1 Å². The Bertz CT molecular complexity index is 1390. The molecular weight excluding hydrogens is 434 g/mol. The van der Waals surface area contributed by atoms with Gasteiger partial charge in [0.2, 0.25) is 5.91 Å². The van der Waals surface area contributed by atoms with Crippen LogP contribution in [0.25, 0.3) is 16.7 Å². The minimum atomic E-state index is -0.284. The molecule has 1 fully saturated rings. The van der Waals surface area contributed by atoms with E-state index in [1.54, 1.807) is 18.6 Å². The molecule has 1 amide bonds. The lowest BCUT2D eigenvalue weighted by Crippen LogP contribution is -2.33. The van der Waals surface area contributed by atoms with Gasteiger partial charge in [0.05, 0.1) is 19.0 Å². The third kappa shape index (κ3) is 4.24. The van der Waals surface area contributed by atoms with Gasteiger partial charge in [0.15, 0.2) is 5.65 Å². The Morgan fingerprint density at radius 3 is 2.59 bits per heavy atom. The Morgan fingerprint density at radius 2 is 1.82 bits per heavy atom. The van der Waals surface area contributed by atoms with Crippen LogP contribution in [0.5, 0.6) is 5.75 Å². The van der Waals surface area contributed by atoms with Crippen LogP contribution < -0.4 is 10.4 Å². The van der Waals surface area contributed by atoms with Crippen molar-refractivity contribution in [2.75, 3.05) is 33.3 Å². The van der Waals surface area contributed by atoms with Crippen LogP contribution in [0.2, 0.25) is 0 Å². The number of hydrogen-bond donors (Lipinski definition) is 0. The summed E-state index contributed by atoms with van der Waals surface area (Å²) in [7, 11) is 1.62. The first-order valence-corrected chi connectivity index (χ1v) is 11.4. The molecule has 0 radical (unpaired) electrons. The van der Waals surface area contributed by atoms with Gasteiger partial charge in [-0.15, -0.1) is 0 Å². The molecule has 1 aromatic carbocycles. The maximum Gasteiger partial charge on any atom is 0.352 e. The van der Waals surface area contributed by atoms with Crippen molar-refractivity contribution >= 4 is 22.6 Å². The summed E-state index contributed by atoms with van der Waals surface area (Å²) in [5.41, 5.74) is 2.77. The number of nitrogens with zero attached hydrogens (tertiary/aromatic N) is 7. The van der Waals surface area contributed by atoms with E-state index in [2.05, 4.69) is 15.0 Å². The number of fused-ring (bicyclic) bond motifs is 3. The highest BCUT2D eigenvalue weighted by atomic mass is 16.5. The molecule has 10 nitrogen and oxygen atoms in total. The Kier molecular flexibility index (Phi) is 5.97. The molecular formula is C24H27N7O3. The van der Waals surface area contributed by atoms with E-state index in [1.807, 2.05) is 41.4 Å². The normalized spacial score (nSPS) is 15.1. The molecule has 5 rings (SSSR count). The van der Waals surface area contributed by atoms with Crippen LogP contribution in [0, 0.1) is 0 Å². The molecule has 4 aromatic rings. The van der Waals surface area contributed by atoms with E-state index in [9.17, 15) is 9.59 Å². The maximum absolute atomic E-state index is 13.2. The van der Waals surface area contributed by atoms with E-state index in [4.69, 9.17) is 9.72 Å². The van der Waals surface area contributed by atoms with E-state index >= 15 is 0 Å². The van der Waals surface area contributed by atoms with Crippen LogP contribution in [0.15, 0.2) is 47.7 Å². The van der Waals surface area contributed by atoms with Gasteiger partial charge in [-0.05, 0) is 35.7 Å². The van der Waals surface area contributed by atoms with Gasteiger partial charge in [-0.2, -0.15) is 9.61 Å². The molecule has 0 saturated carbocycles. The highest BCUT2D eigenvalue weighted by molar-refractivity contribution is 5.89. The van der Waals surface area contributed by atoms with E-state index in [1.165, 1.54) is 10.8 Å². The second kappa shape index (κ2) is 9.22. The van der Waals surface area contributed by atoms with Crippen molar-refractivity contribution in [2.45, 2.75) is 26.4 Å². The lowest BCUT2D eigenvalue weighted by Gasteiger charge is -2.21. The molecule has 10 heteroatoms. The van der Waals surface area contributed by atoms with Crippen LogP contribution >= 0.6 is 0 Å². The number of methoxy groups -OCH3 is 1. The smallest absolute Gasteiger partial charge is 0.352 e. The zero-order valence-corrected chi connectivity index (χ0v) is 19.3. The Hall–Kier alpha value is -3.79. The highest BCUT2D eigenvalue weighted by Gasteiger charge is 2.18. The van der Waals surface area contributed by atoms with Gasteiger partial charge < -0.3 is 9.64 Å². The van der Waals surface area contributed by atoms with E-state index in [-0.39, 0.29) is 11.6 Å². The molecule has 0 bridgehead atoms. The molecule has 176 valence electrons. The monoisotopic (exact) mass is 461 g/mol. The van der Waals surface area contributed by atoms with Gasteiger partial charge in [-0.3, -0.25) is 14.3 Å². The van der Waals surface area contributed by atoms with Gasteiger partial charge in [-0.1, -0.05) is 12.1 Å². The van der Waals surface area contributed by atoms with E-state index < -0.39 is 0 Å². The molecule has 0 unspecified atom stereocenters. The van der Waals surface area contributed by atoms with Crippen LogP contribution in [-0.2, 0) is 17.9 Å². The average Bonchev–Trinajstić information content (AvgIpc) is 3.23. The van der Waals surface area contributed by atoms with Crippen molar-refractivity contribution in [3.63, 3.8) is 0 Å². The number of aromatic nitrogens is 5. The predicted molar refractivity (Wildman–Crippen MR) is 127 cm³/mol. The third-order valence-corrected chi connectivity index (χ3v) is 6.32. The number of carbonyl (C=O) groups is 1. The lowest BCUT2D eigenvalue weighted by atomic mass is 10.2. The van der Waals surface area contributed by atoms with Crippen molar-refractivity contribution in [3.05, 3.63) is 64.5 Å². The fraction of sp³-hybridized carbons (Fsp3) is 0.375. The van der Waals surface area contributed by atoms with Crippen LogP contribution in [0.3, 0.4) is 0 Å². The number of pyridine rings is 1. The van der Waals surface area contributed by atoms with E-state index in [0.717, 1.165) is 54.9 Å². The minimum absolute atomic E-state index is 0.123. The van der Waals surface area contributed by atoms with Crippen LogP contribution in [0.4, 0.5) is 0 Å². The molecule has 0 spiro atoms. The summed E-state index contributed by atoms with van der Waals surface area (Å²) >= 11 is 0. The van der Waals surface area contributed by atoms with Gasteiger partial charge >= 0.3 is 5.69 Å². The summed E-state index contributed by atoms with van der Waals surface area (Å²) < 4.78 is 8.19. The number of ether oxygens (including phenoxy) is 1. The largest absolute Gasteiger partial charge is 0.497 e. The summed E-state index contributed by atoms with van der Waals surface area (Å²) in [5, 5.41) is 4.94. The van der Waals surface area contributed by atoms with E-state index in [0.29, 0.717) is 24.4 Å². The fourth-order valence-electron chi connectivity index (χ4n) is 4.50. The number of hydrogen-bond acceptors (Lipinski definition) is 7. The lowest BCUT2D eigenvalue weighted by molar-refractivity contribution is -0.128. The summed E-state index contributed by atoms with van der Waals surface area (Å²) in [5.74, 6) is 0.883. The van der Waals surface area contributed by atoms with Crippen molar-refractivity contribution in [1.29, 1.82) is 0 Å². The third-order valence-electron chi connectivity index (χ3n) is 6.32. The summed E-state index contributed by atoms with van der Waals surface area (Å²) in [6.07, 6.45) is 4.16. The van der Waals surface area contributed by atoms with Crippen LogP contribution in [0.1, 0.15) is 24.5 Å². The van der Waals surface area contributed by atoms with Crippen molar-refractivity contribution in [3.8, 4) is 5.75 Å². The number of benzene rings is 1. The molecule has 0 N–H and O–H groups in total. The van der Waals surface area contributed by atoms with Gasteiger partial charge in [0.1, 0.15) is 17.7 Å². The topological polar surface area (TPSA) is 97.9 Å². The minimum Gasteiger partial charge on any atom is -0.497 e. The summed E-state index contributed by atoms with van der Waals surface area (Å²) in [4.78, 5) is 38.2. The highest BCUT2D eigenvalue weighted by Crippen LogP contribution is 2.20. The quantitative estimate of drug-likeness (QED) is 0.445. The Labute approximate surface area is 196 Å². The van der Waals surface area contributed by atoms with Crippen molar-refractivity contribution in [1.82, 2.24) is 33.9 Å². The molecule has 1 saturated heterocycles. The van der Waals surface area contributed by atoms with Gasteiger partial charge in [0, 0.05) is 45.8 Å². The molecule has 1 aliphatic heterocycles. The summed E-state index contributed by atoms with van der Waals surface area (Å²) in [6, 6.07) is 9.65. The second-order valence-electron chi connectivity index (χ2n) is 8.56. The van der Waals surface area contributed by atoms with Gasteiger partial charge in [0.25, 0.3) is 0 Å². The zero-order valence-electron chi connectivity index (χ0n) is 19.3. The number of amides is 1. The second-order valence-corrected chi connectivity index (χ2v) is 8.56. The Balaban J connectivity index is 1.49. The zero-order chi connectivity index (χ0) is 23.7. The van der Waals surface area contributed by atoms with Gasteiger partial charge in [-0.25, -0.2) is 14.8 Å². The molecule has 1 aliphatic rings. The SMILES string of the molecule is COc1ccc(Cn2c(=O)n3ncnc3c3cc(CN4CCCN(C(C)=O)CC4)cnc32)cc1. The molecule has 4 heterocycles. The number of carbonyl (C=O) groups excluding carboxylic acids is 1. The van der Waals surface area contributed by atoms with Crippen molar-refractivity contribution in [2.24, 2.45) is 0 Å². The predicted octanol–water partition coefficient (Wildman–Crippen LogP) is 1.55. The summed E-state index contributed by atoms with van der Waals surface area (Å²) in [6.45, 7) is 5.94. The maximum atomic E-state index is 13.2. The first-order valence-electron chi connectivity index (χ1n) is 11.4. The number of rotatable bonds is 5. The molecule has 0 aliphatic carbocycles. The first-order chi connectivity index (χ1) is 16.5. The molecule has 0 atom stereocenters. The fourth-order valence-corrected chi connectivity index (χ4v) is 4.50. The molecule has 34 heavy (non-hydrogen) atoms. The van der Waals surface area contributed by atoms with Crippen molar-refractivity contribution < 1.29 is 9.53 Å². The first kappa shape index (κ1) is 22.0. The molecule has 3 aromatic heterocycles. The standard InChI is InChI=1S/C24H27N7O3/c1-17(32)29-9-3-8-28(10-11-29)14-19-12-21-22(25-13-19)30(24(33)31-23(21)26-16-27-31)15-18-4-6-20(34-2)7-5-18/h4-7,12-13,16H,3,8-11,14-15H2,1-2H3.